The molecule has 1 atom stereocenters. The van der Waals surface area contributed by atoms with Gasteiger partial charge in [-0.1, -0.05) is 18.0 Å². The van der Waals surface area contributed by atoms with Crippen molar-refractivity contribution in [3.63, 3.8) is 0 Å². The Labute approximate surface area is 95.4 Å². The molecule has 0 aliphatic heterocycles. The van der Waals surface area contributed by atoms with E-state index < -0.39 is 0 Å². The van der Waals surface area contributed by atoms with Gasteiger partial charge in [0.1, 0.15) is 0 Å². The molecule has 0 rings (SSSR count). The van der Waals surface area contributed by atoms with E-state index in [9.17, 15) is 0 Å². The number of nitrogens with two attached hydrogens (primary N) is 1. The highest BCUT2D eigenvalue weighted by Crippen LogP contribution is 2.17. The number of allylic oxidation sites excluding steroid dienone is 1. The van der Waals surface area contributed by atoms with Crippen LogP contribution >= 0.6 is 11.9 Å². The molecule has 0 saturated carbocycles. The summed E-state index contributed by atoms with van der Waals surface area (Å²) in [6.45, 7) is 5.17. The molecule has 5 heteroatoms. The van der Waals surface area contributed by atoms with Gasteiger partial charge < -0.3 is 4.74 Å². The van der Waals surface area contributed by atoms with Gasteiger partial charge in [-0.2, -0.15) is 0 Å². The van der Waals surface area contributed by atoms with Crippen LogP contribution in [0, 0.1) is 10.8 Å². The largest absolute Gasteiger partial charge is 0.430 e. The summed E-state index contributed by atoms with van der Waals surface area (Å²) in [5.41, 5.74) is 0. The van der Waals surface area contributed by atoms with Crippen LogP contribution in [0.2, 0.25) is 0 Å². The molecule has 0 spiro atoms. The Balaban J connectivity index is 3.73. The van der Waals surface area contributed by atoms with E-state index in [1.807, 2.05) is 6.08 Å². The minimum atomic E-state index is 0.0584. The standard InChI is InChI=1S/C10H19N3OS/c1-3-4-5-9(15-13)6-7-10(12)14-8(2)11/h3,9,11-12H,1,4-7,13H2,2H3. The number of hydrogen-bond donors (Lipinski definition) is 3. The lowest BCUT2D eigenvalue weighted by Crippen LogP contribution is -2.12. The molecule has 0 heterocycles. The van der Waals surface area contributed by atoms with Crippen LogP contribution < -0.4 is 5.14 Å². The molecule has 15 heavy (non-hydrogen) atoms. The van der Waals surface area contributed by atoms with Crippen molar-refractivity contribution < 1.29 is 4.74 Å². The minimum absolute atomic E-state index is 0.0584. The van der Waals surface area contributed by atoms with Crippen LogP contribution in [-0.2, 0) is 4.74 Å². The molecule has 1 unspecified atom stereocenters. The van der Waals surface area contributed by atoms with Crippen LogP contribution in [0.25, 0.3) is 0 Å². The van der Waals surface area contributed by atoms with Crippen LogP contribution in [0.1, 0.15) is 32.6 Å². The maximum Gasteiger partial charge on any atom is 0.189 e. The molecule has 0 aromatic heterocycles. The fraction of sp³-hybridized carbons (Fsp3) is 0.600. The lowest BCUT2D eigenvalue weighted by atomic mass is 10.1. The quantitative estimate of drug-likeness (QED) is 0.271. The van der Waals surface area contributed by atoms with E-state index in [1.165, 1.54) is 18.9 Å². The molecular weight excluding hydrogens is 210 g/mol. The van der Waals surface area contributed by atoms with Crippen molar-refractivity contribution in [3.8, 4) is 0 Å². The van der Waals surface area contributed by atoms with Gasteiger partial charge in [-0.25, -0.2) is 0 Å². The SMILES string of the molecule is C=CCCC(CCC(=N)OC(C)=N)SN. The third-order valence-corrected chi connectivity index (χ3v) is 2.71. The second kappa shape index (κ2) is 8.49. The van der Waals surface area contributed by atoms with E-state index in [-0.39, 0.29) is 11.8 Å². The van der Waals surface area contributed by atoms with Crippen LogP contribution in [0.3, 0.4) is 0 Å². The van der Waals surface area contributed by atoms with E-state index in [0.29, 0.717) is 11.7 Å². The predicted octanol–water partition coefficient (Wildman–Crippen LogP) is 2.70. The molecule has 4 nitrogen and oxygen atoms in total. The maximum absolute atomic E-state index is 7.43. The summed E-state index contributed by atoms with van der Waals surface area (Å²) in [5, 5.41) is 20.4. The van der Waals surface area contributed by atoms with Crippen molar-refractivity contribution in [1.29, 1.82) is 10.8 Å². The number of hydrogen-bond acceptors (Lipinski definition) is 5. The first-order chi connectivity index (χ1) is 7.10. The molecule has 0 bridgehead atoms. The first-order valence-electron chi connectivity index (χ1n) is 4.87. The van der Waals surface area contributed by atoms with Gasteiger partial charge >= 0.3 is 0 Å². The number of rotatable bonds is 7. The fourth-order valence-electron chi connectivity index (χ4n) is 1.11. The molecule has 0 saturated heterocycles. The Hall–Kier alpha value is -0.810. The minimum Gasteiger partial charge on any atom is -0.430 e. The summed E-state index contributed by atoms with van der Waals surface area (Å²) in [5.74, 6) is 0.197. The summed E-state index contributed by atoms with van der Waals surface area (Å²) < 4.78 is 4.85. The third-order valence-electron chi connectivity index (χ3n) is 1.85. The normalized spacial score (nSPS) is 11.9. The molecule has 4 N–H and O–H groups in total. The second-order valence-corrected chi connectivity index (χ2v) is 4.18. The first kappa shape index (κ1) is 14.2. The summed E-state index contributed by atoms with van der Waals surface area (Å²) in [4.78, 5) is 0. The lowest BCUT2D eigenvalue weighted by molar-refractivity contribution is 0.504. The fourth-order valence-corrected chi connectivity index (χ4v) is 1.64. The first-order valence-corrected chi connectivity index (χ1v) is 5.81. The Morgan fingerprint density at radius 1 is 1.53 bits per heavy atom. The van der Waals surface area contributed by atoms with Gasteiger partial charge in [0, 0.05) is 18.6 Å². The summed E-state index contributed by atoms with van der Waals surface area (Å²) >= 11 is 1.32. The average molecular weight is 229 g/mol. The molecule has 0 aliphatic carbocycles. The van der Waals surface area contributed by atoms with Gasteiger partial charge in [0.15, 0.2) is 11.8 Å². The van der Waals surface area contributed by atoms with Crippen molar-refractivity contribution in [2.45, 2.75) is 37.9 Å². The topological polar surface area (TPSA) is 83.0 Å². The molecule has 0 aromatic carbocycles. The van der Waals surface area contributed by atoms with Crippen molar-refractivity contribution in [3.05, 3.63) is 12.7 Å². The van der Waals surface area contributed by atoms with E-state index in [1.54, 1.807) is 0 Å². The summed E-state index contributed by atoms with van der Waals surface area (Å²) in [6, 6.07) is 0. The molecule has 0 fully saturated rings. The molecule has 0 aromatic rings. The zero-order chi connectivity index (χ0) is 11.7. The van der Waals surface area contributed by atoms with Crippen LogP contribution in [0.5, 0.6) is 0 Å². The van der Waals surface area contributed by atoms with Crippen LogP contribution in [-0.4, -0.2) is 17.0 Å². The van der Waals surface area contributed by atoms with Crippen molar-refractivity contribution in [1.82, 2.24) is 0 Å². The number of ether oxygens (including phenoxy) is 1. The van der Waals surface area contributed by atoms with Gasteiger partial charge in [-0.3, -0.25) is 16.0 Å². The van der Waals surface area contributed by atoms with Gasteiger partial charge in [0.05, 0.1) is 0 Å². The lowest BCUT2D eigenvalue weighted by Gasteiger charge is -2.12. The Morgan fingerprint density at radius 2 is 2.20 bits per heavy atom. The summed E-state index contributed by atoms with van der Waals surface area (Å²) in [7, 11) is 0. The highest BCUT2D eigenvalue weighted by Gasteiger charge is 2.09. The van der Waals surface area contributed by atoms with Gasteiger partial charge in [-0.15, -0.1) is 6.58 Å². The van der Waals surface area contributed by atoms with E-state index in [0.717, 1.165) is 19.3 Å². The Bertz CT molecular complexity index is 231. The molecule has 0 amide bonds. The molecule has 0 aliphatic rings. The van der Waals surface area contributed by atoms with Crippen molar-refractivity contribution in [2.24, 2.45) is 5.14 Å². The van der Waals surface area contributed by atoms with Crippen molar-refractivity contribution >= 4 is 23.7 Å². The second-order valence-electron chi connectivity index (χ2n) is 3.24. The zero-order valence-corrected chi connectivity index (χ0v) is 9.90. The Morgan fingerprint density at radius 3 is 2.67 bits per heavy atom. The molecule has 0 radical (unpaired) electrons. The molecule has 86 valence electrons. The van der Waals surface area contributed by atoms with Gasteiger partial charge in [-0.05, 0) is 19.3 Å². The van der Waals surface area contributed by atoms with E-state index in [2.05, 4.69) is 6.58 Å². The average Bonchev–Trinajstić information content (AvgIpc) is 2.17. The van der Waals surface area contributed by atoms with Gasteiger partial charge in [0.2, 0.25) is 0 Å². The highest BCUT2D eigenvalue weighted by molar-refractivity contribution is 7.97. The van der Waals surface area contributed by atoms with Crippen molar-refractivity contribution in [2.75, 3.05) is 0 Å². The smallest absolute Gasteiger partial charge is 0.189 e. The zero-order valence-electron chi connectivity index (χ0n) is 9.08. The predicted molar refractivity (Wildman–Crippen MR) is 66.4 cm³/mol. The summed E-state index contributed by atoms with van der Waals surface area (Å²) in [6.07, 6.45) is 5.12. The van der Waals surface area contributed by atoms with E-state index in [4.69, 9.17) is 20.7 Å². The maximum atomic E-state index is 7.43. The monoisotopic (exact) mass is 229 g/mol. The van der Waals surface area contributed by atoms with Crippen LogP contribution in [0.4, 0.5) is 0 Å². The highest BCUT2D eigenvalue weighted by atomic mass is 32.2. The van der Waals surface area contributed by atoms with Crippen LogP contribution in [0.15, 0.2) is 12.7 Å². The third kappa shape index (κ3) is 8.20. The number of nitrogens with one attached hydrogen (secondary N) is 2. The Kier molecular flexibility index (Phi) is 8.04. The van der Waals surface area contributed by atoms with Gasteiger partial charge in [0.25, 0.3) is 0 Å². The molecular formula is C10H19N3OS. The van der Waals surface area contributed by atoms with E-state index >= 15 is 0 Å².